The third-order valence-electron chi connectivity index (χ3n) is 4.29. The molecule has 0 aliphatic heterocycles. The number of esters is 1. The Labute approximate surface area is 175 Å². The molecule has 9 heteroatoms. The number of nitrogens with one attached hydrogen (secondary N) is 1. The van der Waals surface area contributed by atoms with Crippen LogP contribution in [0, 0.1) is 5.82 Å². The molecule has 0 saturated heterocycles. The van der Waals surface area contributed by atoms with Crippen LogP contribution in [-0.4, -0.2) is 39.2 Å². The van der Waals surface area contributed by atoms with Gasteiger partial charge in [0, 0.05) is 5.69 Å². The monoisotopic (exact) mass is 436 g/mol. The van der Waals surface area contributed by atoms with E-state index in [0.717, 1.165) is 35.5 Å². The summed E-state index contributed by atoms with van der Waals surface area (Å²) in [6.07, 6.45) is 2.67. The molecule has 0 radical (unpaired) electrons. The molecule has 1 amide bonds. The molecule has 2 aromatic carbocycles. The standard InChI is InChI=1S/C21H25FN2O5S/c1-4-5-14-29-21(26)16-6-10-18(11-7-16)23-20(25)15(2)24(30(3,27)28)19-12-8-17(22)9-13-19/h6-13,15H,4-5,14H2,1-3H3,(H,23,25). The van der Waals surface area contributed by atoms with Crippen LogP contribution in [0.1, 0.15) is 37.0 Å². The van der Waals surface area contributed by atoms with Gasteiger partial charge in [0.1, 0.15) is 11.9 Å². The van der Waals surface area contributed by atoms with Crippen molar-refractivity contribution < 1.29 is 27.1 Å². The summed E-state index contributed by atoms with van der Waals surface area (Å²) >= 11 is 0. The molecule has 1 unspecified atom stereocenters. The second kappa shape index (κ2) is 10.2. The van der Waals surface area contributed by atoms with Gasteiger partial charge in [-0.2, -0.15) is 0 Å². The topological polar surface area (TPSA) is 92.8 Å². The van der Waals surface area contributed by atoms with Crippen molar-refractivity contribution in [3.05, 3.63) is 59.9 Å². The van der Waals surface area contributed by atoms with E-state index < -0.39 is 33.8 Å². The normalized spacial score (nSPS) is 12.1. The van der Waals surface area contributed by atoms with Gasteiger partial charge in [-0.1, -0.05) is 13.3 Å². The van der Waals surface area contributed by atoms with E-state index in [1.807, 2.05) is 6.92 Å². The molecule has 0 aliphatic rings. The quantitative estimate of drug-likeness (QED) is 0.479. The van der Waals surface area contributed by atoms with E-state index in [9.17, 15) is 22.4 Å². The van der Waals surface area contributed by atoms with Gasteiger partial charge >= 0.3 is 5.97 Å². The van der Waals surface area contributed by atoms with Crippen molar-refractivity contribution >= 4 is 33.3 Å². The molecule has 0 spiro atoms. The number of unbranched alkanes of at least 4 members (excludes halogenated alkanes) is 1. The fraction of sp³-hybridized carbons (Fsp3) is 0.333. The van der Waals surface area contributed by atoms with E-state index in [-0.39, 0.29) is 5.69 Å². The fourth-order valence-corrected chi connectivity index (χ4v) is 3.90. The highest BCUT2D eigenvalue weighted by Gasteiger charge is 2.29. The molecular formula is C21H25FN2O5S. The number of benzene rings is 2. The lowest BCUT2D eigenvalue weighted by atomic mass is 10.2. The third-order valence-corrected chi connectivity index (χ3v) is 5.53. The molecule has 7 nitrogen and oxygen atoms in total. The van der Waals surface area contributed by atoms with Gasteiger partial charge in [0.05, 0.1) is 24.1 Å². The van der Waals surface area contributed by atoms with Gasteiger partial charge in [0.2, 0.25) is 15.9 Å². The summed E-state index contributed by atoms with van der Waals surface area (Å²) in [6.45, 7) is 3.77. The number of amides is 1. The number of rotatable bonds is 9. The van der Waals surface area contributed by atoms with Crippen LogP contribution >= 0.6 is 0 Å². The largest absolute Gasteiger partial charge is 0.462 e. The zero-order chi connectivity index (χ0) is 22.3. The average Bonchev–Trinajstić information content (AvgIpc) is 2.69. The molecule has 2 rings (SSSR count). The molecule has 30 heavy (non-hydrogen) atoms. The highest BCUT2D eigenvalue weighted by atomic mass is 32.2. The molecule has 0 bridgehead atoms. The maximum Gasteiger partial charge on any atom is 0.338 e. The number of halogens is 1. The second-order valence-electron chi connectivity index (χ2n) is 6.77. The third kappa shape index (κ3) is 6.28. The van der Waals surface area contributed by atoms with Crippen LogP contribution in [0.2, 0.25) is 0 Å². The smallest absolute Gasteiger partial charge is 0.338 e. The fourth-order valence-electron chi connectivity index (χ4n) is 2.73. The first-order valence-corrected chi connectivity index (χ1v) is 11.3. The van der Waals surface area contributed by atoms with E-state index in [0.29, 0.717) is 17.9 Å². The first-order valence-electron chi connectivity index (χ1n) is 9.46. The average molecular weight is 437 g/mol. The number of nitrogens with zero attached hydrogens (tertiary/aromatic N) is 1. The zero-order valence-corrected chi connectivity index (χ0v) is 17.9. The zero-order valence-electron chi connectivity index (χ0n) is 17.1. The number of hydrogen-bond donors (Lipinski definition) is 1. The Morgan fingerprint density at radius 1 is 1.10 bits per heavy atom. The molecule has 162 valence electrons. The van der Waals surface area contributed by atoms with Crippen molar-refractivity contribution in [3.8, 4) is 0 Å². The lowest BCUT2D eigenvalue weighted by Crippen LogP contribution is -2.45. The SMILES string of the molecule is CCCCOC(=O)c1ccc(NC(=O)C(C)N(c2ccc(F)cc2)S(C)(=O)=O)cc1. The maximum atomic E-state index is 13.2. The van der Waals surface area contributed by atoms with Gasteiger partial charge in [0.15, 0.2) is 0 Å². The molecule has 0 saturated carbocycles. The van der Waals surface area contributed by atoms with Gasteiger partial charge < -0.3 is 10.1 Å². The van der Waals surface area contributed by atoms with Gasteiger partial charge in [-0.25, -0.2) is 17.6 Å². The lowest BCUT2D eigenvalue weighted by molar-refractivity contribution is -0.116. The summed E-state index contributed by atoms with van der Waals surface area (Å²) in [5, 5.41) is 2.62. The molecule has 1 N–H and O–H groups in total. The van der Waals surface area contributed by atoms with Crippen molar-refractivity contribution in [2.45, 2.75) is 32.7 Å². The van der Waals surface area contributed by atoms with Crippen LogP contribution in [0.3, 0.4) is 0 Å². The molecule has 2 aromatic rings. The van der Waals surface area contributed by atoms with Crippen molar-refractivity contribution in [2.75, 3.05) is 22.5 Å². The Morgan fingerprint density at radius 3 is 2.23 bits per heavy atom. The Hall–Kier alpha value is -2.94. The molecule has 0 fully saturated rings. The minimum Gasteiger partial charge on any atom is -0.462 e. The Bertz CT molecular complexity index is 975. The van der Waals surface area contributed by atoms with Crippen LogP contribution < -0.4 is 9.62 Å². The molecule has 1 atom stereocenters. The number of sulfonamides is 1. The van der Waals surface area contributed by atoms with E-state index in [1.165, 1.54) is 43.3 Å². The number of anilines is 2. The van der Waals surface area contributed by atoms with Crippen LogP contribution in [0.15, 0.2) is 48.5 Å². The second-order valence-corrected chi connectivity index (χ2v) is 8.63. The summed E-state index contributed by atoms with van der Waals surface area (Å²) < 4.78 is 43.7. The molecular weight excluding hydrogens is 411 g/mol. The Kier molecular flexibility index (Phi) is 7.93. The first-order chi connectivity index (χ1) is 14.1. The summed E-state index contributed by atoms with van der Waals surface area (Å²) in [5.41, 5.74) is 0.914. The summed E-state index contributed by atoms with van der Waals surface area (Å²) in [5.74, 6) is -1.55. The van der Waals surface area contributed by atoms with Crippen molar-refractivity contribution in [2.24, 2.45) is 0 Å². The van der Waals surface area contributed by atoms with Gasteiger partial charge in [-0.15, -0.1) is 0 Å². The van der Waals surface area contributed by atoms with E-state index in [2.05, 4.69) is 5.32 Å². The summed E-state index contributed by atoms with van der Waals surface area (Å²) in [6, 6.07) is 9.83. The maximum absolute atomic E-state index is 13.2. The van der Waals surface area contributed by atoms with Crippen molar-refractivity contribution in [1.82, 2.24) is 0 Å². The van der Waals surface area contributed by atoms with Crippen molar-refractivity contribution in [3.63, 3.8) is 0 Å². The number of carbonyl (C=O) groups excluding carboxylic acids is 2. The van der Waals surface area contributed by atoms with E-state index in [1.54, 1.807) is 0 Å². The summed E-state index contributed by atoms with van der Waals surface area (Å²) in [7, 11) is -3.81. The van der Waals surface area contributed by atoms with Crippen LogP contribution in [0.4, 0.5) is 15.8 Å². The Balaban J connectivity index is 2.11. The minimum atomic E-state index is -3.81. The highest BCUT2D eigenvalue weighted by Crippen LogP contribution is 2.22. The van der Waals surface area contributed by atoms with Gasteiger partial charge in [-0.3, -0.25) is 9.10 Å². The number of ether oxygens (including phenoxy) is 1. The minimum absolute atomic E-state index is 0.173. The van der Waals surface area contributed by atoms with Crippen molar-refractivity contribution in [1.29, 1.82) is 0 Å². The molecule has 0 heterocycles. The van der Waals surface area contributed by atoms with Crippen LogP contribution in [0.5, 0.6) is 0 Å². The predicted octanol–water partition coefficient (Wildman–Crippen LogP) is 3.58. The Morgan fingerprint density at radius 2 is 1.70 bits per heavy atom. The van der Waals surface area contributed by atoms with Gasteiger partial charge in [0.25, 0.3) is 0 Å². The highest BCUT2D eigenvalue weighted by molar-refractivity contribution is 7.92. The number of hydrogen-bond acceptors (Lipinski definition) is 5. The summed E-state index contributed by atoms with van der Waals surface area (Å²) in [4.78, 5) is 24.6. The first kappa shape index (κ1) is 23.3. The van der Waals surface area contributed by atoms with Crippen LogP contribution in [0.25, 0.3) is 0 Å². The van der Waals surface area contributed by atoms with Gasteiger partial charge in [-0.05, 0) is 61.9 Å². The predicted molar refractivity (Wildman–Crippen MR) is 113 cm³/mol. The molecule has 0 aliphatic carbocycles. The number of carbonyl (C=O) groups is 2. The molecule has 0 aromatic heterocycles. The lowest BCUT2D eigenvalue weighted by Gasteiger charge is -2.28. The van der Waals surface area contributed by atoms with E-state index >= 15 is 0 Å². The van der Waals surface area contributed by atoms with E-state index in [4.69, 9.17) is 4.74 Å². The van der Waals surface area contributed by atoms with Crippen LogP contribution in [-0.2, 0) is 19.6 Å².